The fourth-order valence-electron chi connectivity index (χ4n) is 2.12. The summed E-state index contributed by atoms with van der Waals surface area (Å²) in [4.78, 5) is 30.1. The summed E-state index contributed by atoms with van der Waals surface area (Å²) in [5.74, 6) is -0.460. The molecule has 2 N–H and O–H groups in total. The number of nitrogens with one attached hydrogen (secondary N) is 1. The second kappa shape index (κ2) is 5.40. The van der Waals surface area contributed by atoms with E-state index in [1.807, 2.05) is 0 Å². The molecule has 1 fully saturated rings. The number of anilines is 1. The minimum Gasteiger partial charge on any atom is -0.508 e. The van der Waals surface area contributed by atoms with Crippen LogP contribution < -0.4 is 5.32 Å². The molecule has 2 aromatic rings. The van der Waals surface area contributed by atoms with Crippen molar-refractivity contribution in [2.45, 2.75) is 12.5 Å². The molecule has 1 aliphatic carbocycles. The first kappa shape index (κ1) is 13.9. The van der Waals surface area contributed by atoms with Crippen LogP contribution in [0.3, 0.4) is 0 Å². The molecule has 2 atom stereocenters. The summed E-state index contributed by atoms with van der Waals surface area (Å²) in [6.07, 6.45) is 3.11. The van der Waals surface area contributed by atoms with Crippen molar-refractivity contribution in [3.05, 3.63) is 46.8 Å². The van der Waals surface area contributed by atoms with Crippen molar-refractivity contribution in [1.29, 1.82) is 0 Å². The molecule has 0 spiro atoms. The lowest BCUT2D eigenvalue weighted by Gasteiger charge is -2.04. The summed E-state index contributed by atoms with van der Waals surface area (Å²) < 4.78 is 0. The predicted octanol–water partition coefficient (Wildman–Crippen LogP) is 1.45. The smallest absolute Gasteiger partial charge is 0.234 e. The van der Waals surface area contributed by atoms with Gasteiger partial charge in [0.25, 0.3) is 0 Å². The molecule has 112 valence electrons. The lowest BCUT2D eigenvalue weighted by atomic mass is 10.2. The highest BCUT2D eigenvalue weighted by atomic mass is 16.6. The monoisotopic (exact) mass is 300 g/mol. The van der Waals surface area contributed by atoms with Crippen molar-refractivity contribution < 1.29 is 14.8 Å². The molecule has 1 aromatic heterocycles. The molecule has 0 radical (unpaired) electrons. The number of aromatic nitrogens is 2. The topological polar surface area (TPSA) is 118 Å². The van der Waals surface area contributed by atoms with E-state index in [0.29, 0.717) is 17.1 Å². The Morgan fingerprint density at radius 2 is 2.09 bits per heavy atom. The SMILES string of the molecule is O=C(Nc1cnc(-c2cccc(O)c2)nc1)[C@@H]1C[C@H]1[N+](=O)[O-]. The first-order valence-corrected chi connectivity index (χ1v) is 6.60. The van der Waals surface area contributed by atoms with Crippen LogP contribution >= 0.6 is 0 Å². The number of benzene rings is 1. The lowest BCUT2D eigenvalue weighted by molar-refractivity contribution is -0.497. The highest BCUT2D eigenvalue weighted by molar-refractivity contribution is 5.94. The zero-order valence-electron chi connectivity index (χ0n) is 11.3. The Morgan fingerprint density at radius 3 is 2.68 bits per heavy atom. The largest absolute Gasteiger partial charge is 0.508 e. The molecule has 0 saturated heterocycles. The van der Waals surface area contributed by atoms with E-state index in [-0.39, 0.29) is 12.2 Å². The molecule has 0 bridgehead atoms. The van der Waals surface area contributed by atoms with Crippen LogP contribution in [0, 0.1) is 16.0 Å². The van der Waals surface area contributed by atoms with Crippen LogP contribution in [-0.4, -0.2) is 31.9 Å². The van der Waals surface area contributed by atoms with Crippen molar-refractivity contribution in [2.24, 2.45) is 5.92 Å². The molecule has 8 nitrogen and oxygen atoms in total. The molecule has 1 amide bonds. The predicted molar refractivity (Wildman–Crippen MR) is 76.7 cm³/mol. The van der Waals surface area contributed by atoms with Crippen molar-refractivity contribution in [1.82, 2.24) is 9.97 Å². The van der Waals surface area contributed by atoms with Gasteiger partial charge in [-0.05, 0) is 12.1 Å². The zero-order chi connectivity index (χ0) is 15.7. The Balaban J connectivity index is 1.67. The van der Waals surface area contributed by atoms with Gasteiger partial charge in [0.1, 0.15) is 11.7 Å². The van der Waals surface area contributed by atoms with Gasteiger partial charge in [0.2, 0.25) is 11.9 Å². The highest BCUT2D eigenvalue weighted by Gasteiger charge is 2.53. The lowest BCUT2D eigenvalue weighted by Crippen LogP contribution is -2.18. The average Bonchev–Trinajstić information content (AvgIpc) is 3.29. The van der Waals surface area contributed by atoms with Gasteiger partial charge in [-0.25, -0.2) is 9.97 Å². The maximum Gasteiger partial charge on any atom is 0.234 e. The second-order valence-corrected chi connectivity index (χ2v) is 5.03. The van der Waals surface area contributed by atoms with E-state index in [9.17, 15) is 20.0 Å². The van der Waals surface area contributed by atoms with Crippen molar-refractivity contribution >= 4 is 11.6 Å². The molecule has 3 rings (SSSR count). The van der Waals surface area contributed by atoms with Crippen molar-refractivity contribution in [3.63, 3.8) is 0 Å². The van der Waals surface area contributed by atoms with Gasteiger partial charge in [-0.2, -0.15) is 0 Å². The molecule has 1 aromatic carbocycles. The van der Waals surface area contributed by atoms with E-state index < -0.39 is 22.8 Å². The Kier molecular flexibility index (Phi) is 3.42. The standard InChI is InChI=1S/C14H12N4O4/c19-10-3-1-2-8(4-10)13-15-6-9(7-16-13)17-14(20)11-5-12(11)18(21)22/h1-4,6-7,11-12,19H,5H2,(H,17,20)/t11-,12-/m1/s1. The van der Waals surface area contributed by atoms with Crippen molar-refractivity contribution in [3.8, 4) is 17.1 Å². The summed E-state index contributed by atoms with van der Waals surface area (Å²) in [7, 11) is 0. The molecule has 1 aliphatic rings. The molecular formula is C14H12N4O4. The number of nitrogens with zero attached hydrogens (tertiary/aromatic N) is 3. The van der Waals surface area contributed by atoms with E-state index in [2.05, 4.69) is 15.3 Å². The molecule has 1 saturated carbocycles. The van der Waals surface area contributed by atoms with Gasteiger partial charge in [0, 0.05) is 16.9 Å². The fraction of sp³-hybridized carbons (Fsp3) is 0.214. The average molecular weight is 300 g/mol. The first-order chi connectivity index (χ1) is 10.5. The molecule has 22 heavy (non-hydrogen) atoms. The quantitative estimate of drug-likeness (QED) is 0.651. The van der Waals surface area contributed by atoms with Gasteiger partial charge < -0.3 is 10.4 Å². The van der Waals surface area contributed by atoms with Gasteiger partial charge in [0.15, 0.2) is 5.82 Å². The first-order valence-electron chi connectivity index (χ1n) is 6.60. The van der Waals surface area contributed by atoms with E-state index in [1.165, 1.54) is 18.5 Å². The number of nitro groups is 1. The van der Waals surface area contributed by atoms with E-state index in [0.717, 1.165) is 0 Å². The molecule has 8 heteroatoms. The number of carbonyl (C=O) groups is 1. The van der Waals surface area contributed by atoms with Crippen LogP contribution in [0.1, 0.15) is 6.42 Å². The highest BCUT2D eigenvalue weighted by Crippen LogP contribution is 2.34. The summed E-state index contributed by atoms with van der Waals surface area (Å²) in [6.45, 7) is 0. The van der Waals surface area contributed by atoms with E-state index in [4.69, 9.17) is 0 Å². The number of hydrogen-bond acceptors (Lipinski definition) is 6. The number of phenolic OH excluding ortho intramolecular Hbond substituents is 1. The number of aromatic hydroxyl groups is 1. The van der Waals surface area contributed by atoms with Crippen LogP contribution in [0.15, 0.2) is 36.7 Å². The number of amides is 1. The van der Waals surface area contributed by atoms with Gasteiger partial charge >= 0.3 is 0 Å². The van der Waals surface area contributed by atoms with Gasteiger partial charge in [-0.15, -0.1) is 0 Å². The van der Waals surface area contributed by atoms with Crippen LogP contribution in [-0.2, 0) is 4.79 Å². The molecular weight excluding hydrogens is 288 g/mol. The summed E-state index contributed by atoms with van der Waals surface area (Å²) >= 11 is 0. The third kappa shape index (κ3) is 2.85. The van der Waals surface area contributed by atoms with Gasteiger partial charge in [-0.1, -0.05) is 12.1 Å². The van der Waals surface area contributed by atoms with Crippen LogP contribution in [0.2, 0.25) is 0 Å². The third-order valence-corrected chi connectivity index (χ3v) is 3.39. The summed E-state index contributed by atoms with van der Waals surface area (Å²) in [5.41, 5.74) is 1.02. The number of carbonyl (C=O) groups excluding carboxylic acids is 1. The molecule has 0 aliphatic heterocycles. The fourth-order valence-corrected chi connectivity index (χ4v) is 2.12. The Hall–Kier alpha value is -3.03. The Morgan fingerprint density at radius 1 is 1.36 bits per heavy atom. The van der Waals surface area contributed by atoms with Gasteiger partial charge in [-0.3, -0.25) is 14.9 Å². The van der Waals surface area contributed by atoms with E-state index in [1.54, 1.807) is 18.2 Å². The minimum absolute atomic E-state index is 0.109. The van der Waals surface area contributed by atoms with E-state index >= 15 is 0 Å². The van der Waals surface area contributed by atoms with Crippen molar-refractivity contribution in [2.75, 3.05) is 5.32 Å². The van der Waals surface area contributed by atoms with Crippen LogP contribution in [0.25, 0.3) is 11.4 Å². The molecule has 1 heterocycles. The zero-order valence-corrected chi connectivity index (χ0v) is 11.3. The summed E-state index contributed by atoms with van der Waals surface area (Å²) in [6, 6.07) is 5.71. The van der Waals surface area contributed by atoms with Crippen LogP contribution in [0.5, 0.6) is 5.75 Å². The third-order valence-electron chi connectivity index (χ3n) is 3.39. The number of phenols is 1. The van der Waals surface area contributed by atoms with Crippen LogP contribution in [0.4, 0.5) is 5.69 Å². The summed E-state index contributed by atoms with van der Waals surface area (Å²) in [5, 5.41) is 22.5. The maximum absolute atomic E-state index is 11.8. The normalized spacial score (nSPS) is 19.5. The Bertz CT molecular complexity index is 732. The number of hydrogen-bond donors (Lipinski definition) is 2. The maximum atomic E-state index is 11.8. The Labute approximate surface area is 125 Å². The second-order valence-electron chi connectivity index (χ2n) is 5.03. The number of rotatable bonds is 4. The molecule has 0 unspecified atom stereocenters. The minimum atomic E-state index is -0.785. The van der Waals surface area contributed by atoms with Gasteiger partial charge in [0.05, 0.1) is 18.1 Å².